The van der Waals surface area contributed by atoms with E-state index in [0.717, 1.165) is 5.56 Å². The average Bonchev–Trinajstić information content (AvgIpc) is 2.91. The van der Waals surface area contributed by atoms with Gasteiger partial charge in [-0.25, -0.2) is 8.42 Å². The first-order chi connectivity index (χ1) is 17.9. The largest absolute Gasteiger partial charge is 0.484 e. The molecule has 0 bridgehead atoms. The highest BCUT2D eigenvalue weighted by atomic mass is 35.5. The third-order valence-corrected chi connectivity index (χ3v) is 8.22. The number of hydrogen-bond donors (Lipinski definition) is 0. The van der Waals surface area contributed by atoms with Crippen LogP contribution in [0.15, 0.2) is 65.6 Å². The van der Waals surface area contributed by atoms with Crippen LogP contribution in [0, 0.1) is 0 Å². The van der Waals surface area contributed by atoms with Crippen molar-refractivity contribution in [2.75, 3.05) is 56.7 Å². The minimum Gasteiger partial charge on any atom is -0.484 e. The molecule has 1 saturated heterocycles. The van der Waals surface area contributed by atoms with Gasteiger partial charge in [0.15, 0.2) is 0 Å². The summed E-state index contributed by atoms with van der Waals surface area (Å²) in [4.78, 5) is 15.4. The maximum atomic E-state index is 13.4. The number of benzene rings is 2. The van der Waals surface area contributed by atoms with Gasteiger partial charge in [0.05, 0.1) is 24.2 Å². The van der Waals surface area contributed by atoms with E-state index >= 15 is 0 Å². The molecule has 198 valence electrons. The minimum atomic E-state index is -3.41. The van der Waals surface area contributed by atoms with Gasteiger partial charge in [-0.2, -0.15) is 14.1 Å². The van der Waals surface area contributed by atoms with Crippen molar-refractivity contribution in [1.29, 1.82) is 0 Å². The SMILES string of the molecule is CCOCCOc1c(N2CCN(S(=O)(=O)CCc3ccccc3)CC2)cnn(-c2cccc(Cl)c2)c1=O. The van der Waals surface area contributed by atoms with Gasteiger partial charge < -0.3 is 14.4 Å². The molecule has 2 heterocycles. The van der Waals surface area contributed by atoms with E-state index in [1.807, 2.05) is 42.2 Å². The number of nitrogens with zero attached hydrogens (tertiary/aromatic N) is 4. The molecule has 0 aliphatic carbocycles. The van der Waals surface area contributed by atoms with Crippen molar-refractivity contribution >= 4 is 27.3 Å². The summed E-state index contributed by atoms with van der Waals surface area (Å²) in [5, 5.41) is 4.85. The highest BCUT2D eigenvalue weighted by molar-refractivity contribution is 7.89. The van der Waals surface area contributed by atoms with Crippen molar-refractivity contribution in [2.24, 2.45) is 0 Å². The predicted molar refractivity (Wildman–Crippen MR) is 145 cm³/mol. The van der Waals surface area contributed by atoms with E-state index < -0.39 is 15.6 Å². The molecule has 1 aromatic heterocycles. The van der Waals surface area contributed by atoms with Gasteiger partial charge in [0.25, 0.3) is 0 Å². The molecule has 0 radical (unpaired) electrons. The molecule has 3 aromatic rings. The van der Waals surface area contributed by atoms with Gasteiger partial charge >= 0.3 is 5.56 Å². The molecule has 4 rings (SSSR count). The molecule has 0 atom stereocenters. The Morgan fingerprint density at radius 1 is 1.00 bits per heavy atom. The second-order valence-electron chi connectivity index (χ2n) is 8.54. The lowest BCUT2D eigenvalue weighted by molar-refractivity contribution is 0.109. The third-order valence-electron chi connectivity index (χ3n) is 6.11. The van der Waals surface area contributed by atoms with E-state index in [4.69, 9.17) is 21.1 Å². The Balaban J connectivity index is 1.50. The molecule has 1 aliphatic rings. The summed E-state index contributed by atoms with van der Waals surface area (Å²) >= 11 is 6.11. The number of sulfonamides is 1. The van der Waals surface area contributed by atoms with Crippen molar-refractivity contribution in [1.82, 2.24) is 14.1 Å². The number of aryl methyl sites for hydroxylation is 1. The van der Waals surface area contributed by atoms with Gasteiger partial charge in [-0.1, -0.05) is 48.0 Å². The van der Waals surface area contributed by atoms with E-state index in [1.54, 1.807) is 30.5 Å². The van der Waals surface area contributed by atoms with E-state index in [1.165, 1.54) is 8.99 Å². The number of aromatic nitrogens is 2. The number of piperazine rings is 1. The van der Waals surface area contributed by atoms with Gasteiger partial charge in [0, 0.05) is 37.8 Å². The van der Waals surface area contributed by atoms with E-state index in [9.17, 15) is 13.2 Å². The maximum absolute atomic E-state index is 13.4. The van der Waals surface area contributed by atoms with Gasteiger partial charge in [0.1, 0.15) is 12.3 Å². The van der Waals surface area contributed by atoms with Crippen LogP contribution < -0.4 is 15.2 Å². The molecule has 11 heteroatoms. The summed E-state index contributed by atoms with van der Waals surface area (Å²) in [6.45, 7) is 4.41. The summed E-state index contributed by atoms with van der Waals surface area (Å²) in [7, 11) is -3.41. The molecule has 0 spiro atoms. The van der Waals surface area contributed by atoms with E-state index in [-0.39, 0.29) is 18.1 Å². The van der Waals surface area contributed by atoms with Crippen LogP contribution in [0.25, 0.3) is 5.69 Å². The van der Waals surface area contributed by atoms with Gasteiger partial charge in [0.2, 0.25) is 15.8 Å². The lowest BCUT2D eigenvalue weighted by atomic mass is 10.2. The highest BCUT2D eigenvalue weighted by Crippen LogP contribution is 2.26. The molecule has 9 nitrogen and oxygen atoms in total. The van der Waals surface area contributed by atoms with Gasteiger partial charge in [-0.15, -0.1) is 0 Å². The monoisotopic (exact) mass is 546 g/mol. The first-order valence-corrected chi connectivity index (χ1v) is 14.2. The summed E-state index contributed by atoms with van der Waals surface area (Å²) in [5.74, 6) is 0.204. The predicted octanol–water partition coefficient (Wildman–Crippen LogP) is 3.00. The number of rotatable bonds is 11. The molecule has 2 aromatic carbocycles. The first kappa shape index (κ1) is 27.1. The molecule has 37 heavy (non-hydrogen) atoms. The van der Waals surface area contributed by atoms with Crippen LogP contribution in [0.4, 0.5) is 5.69 Å². The maximum Gasteiger partial charge on any atom is 0.316 e. The zero-order valence-corrected chi connectivity index (χ0v) is 22.3. The Hall–Kier alpha value is -2.92. The zero-order chi connectivity index (χ0) is 26.3. The van der Waals surface area contributed by atoms with Crippen LogP contribution in [0.5, 0.6) is 5.75 Å². The molecule has 0 saturated carbocycles. The standard InChI is InChI=1S/C26H31ClN4O5S/c1-2-35-16-17-36-25-24(20-28-31(26(25)32)23-10-6-9-22(27)19-23)29-12-14-30(15-13-29)37(33,34)18-11-21-7-4-3-5-8-21/h3-10,19-20H,2,11-18H2,1H3. The second-order valence-corrected chi connectivity index (χ2v) is 11.1. The Kier molecular flexibility index (Phi) is 9.20. The fourth-order valence-electron chi connectivity index (χ4n) is 4.16. The van der Waals surface area contributed by atoms with Crippen LogP contribution in [0.2, 0.25) is 5.02 Å². The Bertz CT molecular complexity index is 1340. The quantitative estimate of drug-likeness (QED) is 0.341. The van der Waals surface area contributed by atoms with E-state index in [2.05, 4.69) is 5.10 Å². The van der Waals surface area contributed by atoms with Crippen LogP contribution in [0.3, 0.4) is 0 Å². The fraction of sp³-hybridized carbons (Fsp3) is 0.385. The Morgan fingerprint density at radius 3 is 2.46 bits per heavy atom. The topological polar surface area (TPSA) is 94.0 Å². The number of ether oxygens (including phenoxy) is 2. The van der Waals surface area contributed by atoms with Crippen LogP contribution in [0.1, 0.15) is 12.5 Å². The lowest BCUT2D eigenvalue weighted by Gasteiger charge is -2.35. The molecular formula is C26H31ClN4O5S. The Morgan fingerprint density at radius 2 is 1.76 bits per heavy atom. The van der Waals surface area contributed by atoms with Crippen LogP contribution in [-0.2, 0) is 21.2 Å². The van der Waals surface area contributed by atoms with E-state index in [0.29, 0.717) is 62.2 Å². The molecule has 0 unspecified atom stereocenters. The van der Waals surface area contributed by atoms with Crippen molar-refractivity contribution < 1.29 is 17.9 Å². The summed E-state index contributed by atoms with van der Waals surface area (Å²) in [6, 6.07) is 16.4. The molecule has 0 N–H and O–H groups in total. The molecule has 0 amide bonds. The number of halogens is 1. The average molecular weight is 547 g/mol. The second kappa shape index (κ2) is 12.6. The zero-order valence-electron chi connectivity index (χ0n) is 20.8. The first-order valence-electron chi connectivity index (χ1n) is 12.2. The molecular weight excluding hydrogens is 516 g/mol. The van der Waals surface area contributed by atoms with Gasteiger partial charge in [-0.05, 0) is 37.1 Å². The fourth-order valence-corrected chi connectivity index (χ4v) is 5.81. The van der Waals surface area contributed by atoms with Crippen molar-refractivity contribution in [3.63, 3.8) is 0 Å². The minimum absolute atomic E-state index is 0.0556. The third kappa shape index (κ3) is 6.89. The lowest BCUT2D eigenvalue weighted by Crippen LogP contribution is -2.50. The number of hydrogen-bond acceptors (Lipinski definition) is 7. The van der Waals surface area contributed by atoms with Crippen molar-refractivity contribution in [2.45, 2.75) is 13.3 Å². The summed E-state index contributed by atoms with van der Waals surface area (Å²) < 4.78 is 39.9. The van der Waals surface area contributed by atoms with Gasteiger partial charge in [-0.3, -0.25) is 4.79 Å². The Labute approximate surface area is 222 Å². The number of anilines is 1. The molecule has 1 aliphatic heterocycles. The normalized spacial score (nSPS) is 14.6. The van der Waals surface area contributed by atoms with Crippen molar-refractivity contribution in [3.8, 4) is 11.4 Å². The molecule has 1 fully saturated rings. The summed E-state index contributed by atoms with van der Waals surface area (Å²) in [5.41, 5.74) is 1.62. The highest BCUT2D eigenvalue weighted by Gasteiger charge is 2.29. The van der Waals surface area contributed by atoms with Crippen LogP contribution in [-0.4, -0.2) is 74.3 Å². The van der Waals surface area contributed by atoms with Crippen molar-refractivity contribution in [3.05, 3.63) is 81.7 Å². The van der Waals surface area contributed by atoms with Crippen LogP contribution >= 0.6 is 11.6 Å². The smallest absolute Gasteiger partial charge is 0.316 e. The summed E-state index contributed by atoms with van der Waals surface area (Å²) in [6.07, 6.45) is 2.05.